The molecule has 1 aromatic heterocycles. The fraction of sp³-hybridized carbons (Fsp3) is 0.333. The maximum Gasteiger partial charge on any atom is 0.124 e. The van der Waals surface area contributed by atoms with Gasteiger partial charge in [-0.25, -0.2) is 5.43 Å². The number of benzene rings is 1. The van der Waals surface area contributed by atoms with Gasteiger partial charge in [-0.15, -0.1) is 0 Å². The van der Waals surface area contributed by atoms with Crippen LogP contribution in [-0.2, 0) is 0 Å². The molecular formula is C15H20N2O2. The first-order chi connectivity index (χ1) is 9.06. The molecule has 4 heteroatoms. The molecule has 3 N–H and O–H groups in total. The van der Waals surface area contributed by atoms with E-state index in [1.807, 2.05) is 39.0 Å². The molecule has 1 aromatic carbocycles. The van der Waals surface area contributed by atoms with E-state index in [0.29, 0.717) is 0 Å². The van der Waals surface area contributed by atoms with Crippen LogP contribution in [0.25, 0.3) is 0 Å². The number of nitrogens with one attached hydrogen (secondary N) is 1. The van der Waals surface area contributed by atoms with Gasteiger partial charge < -0.3 is 9.15 Å². The summed E-state index contributed by atoms with van der Waals surface area (Å²) in [6.07, 6.45) is 0. The van der Waals surface area contributed by atoms with Gasteiger partial charge in [0.05, 0.1) is 13.2 Å². The minimum atomic E-state index is -0.146. The maximum atomic E-state index is 5.74. The van der Waals surface area contributed by atoms with Crippen LogP contribution in [0.4, 0.5) is 0 Å². The van der Waals surface area contributed by atoms with Crippen molar-refractivity contribution < 1.29 is 9.15 Å². The van der Waals surface area contributed by atoms with Crippen molar-refractivity contribution in [2.75, 3.05) is 7.11 Å². The van der Waals surface area contributed by atoms with Gasteiger partial charge in [0.2, 0.25) is 0 Å². The lowest BCUT2D eigenvalue weighted by Crippen LogP contribution is -2.29. The number of rotatable bonds is 4. The zero-order chi connectivity index (χ0) is 14.0. The second-order valence-electron chi connectivity index (χ2n) is 4.71. The molecule has 0 aliphatic carbocycles. The molecule has 0 aliphatic heterocycles. The largest absolute Gasteiger partial charge is 0.496 e. The summed E-state index contributed by atoms with van der Waals surface area (Å²) in [6, 6.07) is 7.90. The summed E-state index contributed by atoms with van der Waals surface area (Å²) >= 11 is 0. The van der Waals surface area contributed by atoms with Crippen LogP contribution in [0.15, 0.2) is 28.7 Å². The molecule has 0 saturated heterocycles. The van der Waals surface area contributed by atoms with E-state index in [-0.39, 0.29) is 6.04 Å². The highest BCUT2D eigenvalue weighted by Crippen LogP contribution is 2.33. The van der Waals surface area contributed by atoms with Gasteiger partial charge in [-0.05, 0) is 32.9 Å². The average Bonchev–Trinajstić information content (AvgIpc) is 2.70. The molecule has 102 valence electrons. The van der Waals surface area contributed by atoms with Gasteiger partial charge in [-0.1, -0.05) is 17.7 Å². The SMILES string of the molecule is COc1ccc(C)cc1C(NN)c1cc(C)oc1C. The van der Waals surface area contributed by atoms with Gasteiger partial charge in [0.25, 0.3) is 0 Å². The third-order valence-corrected chi connectivity index (χ3v) is 3.25. The van der Waals surface area contributed by atoms with Gasteiger partial charge in [-0.3, -0.25) is 5.84 Å². The number of hydrogen-bond donors (Lipinski definition) is 2. The molecule has 0 bridgehead atoms. The molecule has 0 radical (unpaired) electrons. The van der Waals surface area contributed by atoms with Crippen molar-refractivity contribution in [3.63, 3.8) is 0 Å². The zero-order valence-electron chi connectivity index (χ0n) is 11.8. The van der Waals surface area contributed by atoms with E-state index in [2.05, 4.69) is 11.5 Å². The quantitative estimate of drug-likeness (QED) is 0.655. The van der Waals surface area contributed by atoms with E-state index in [4.69, 9.17) is 15.0 Å². The first kappa shape index (κ1) is 13.6. The van der Waals surface area contributed by atoms with Gasteiger partial charge in [-0.2, -0.15) is 0 Å². The summed E-state index contributed by atoms with van der Waals surface area (Å²) in [7, 11) is 1.66. The molecule has 0 fully saturated rings. The number of hydrazine groups is 1. The number of furan rings is 1. The fourth-order valence-electron chi connectivity index (χ4n) is 2.36. The summed E-state index contributed by atoms with van der Waals surface area (Å²) in [5.41, 5.74) is 6.05. The summed E-state index contributed by atoms with van der Waals surface area (Å²) in [5, 5.41) is 0. The van der Waals surface area contributed by atoms with E-state index in [0.717, 1.165) is 34.0 Å². The Balaban J connectivity index is 2.53. The van der Waals surface area contributed by atoms with Crippen LogP contribution in [0.3, 0.4) is 0 Å². The minimum absolute atomic E-state index is 0.146. The molecule has 19 heavy (non-hydrogen) atoms. The summed E-state index contributed by atoms with van der Waals surface area (Å²) in [6.45, 7) is 5.91. The third kappa shape index (κ3) is 2.64. The van der Waals surface area contributed by atoms with Gasteiger partial charge in [0.1, 0.15) is 17.3 Å². The Morgan fingerprint density at radius 1 is 1.16 bits per heavy atom. The van der Waals surface area contributed by atoms with E-state index in [9.17, 15) is 0 Å². The number of ether oxygens (including phenoxy) is 1. The molecule has 1 unspecified atom stereocenters. The lowest BCUT2D eigenvalue weighted by Gasteiger charge is -2.19. The Labute approximate surface area is 113 Å². The van der Waals surface area contributed by atoms with Crippen molar-refractivity contribution in [1.29, 1.82) is 0 Å². The van der Waals surface area contributed by atoms with Crippen molar-refractivity contribution in [2.24, 2.45) is 5.84 Å². The van der Waals surface area contributed by atoms with Gasteiger partial charge in [0.15, 0.2) is 0 Å². The van der Waals surface area contributed by atoms with Gasteiger partial charge >= 0.3 is 0 Å². The Morgan fingerprint density at radius 3 is 2.42 bits per heavy atom. The van der Waals surface area contributed by atoms with Crippen LogP contribution in [0, 0.1) is 20.8 Å². The van der Waals surface area contributed by atoms with Crippen LogP contribution in [0.1, 0.15) is 34.3 Å². The lowest BCUT2D eigenvalue weighted by atomic mass is 9.97. The minimum Gasteiger partial charge on any atom is -0.496 e. The zero-order valence-corrected chi connectivity index (χ0v) is 11.8. The van der Waals surface area contributed by atoms with Crippen LogP contribution < -0.4 is 16.0 Å². The van der Waals surface area contributed by atoms with Gasteiger partial charge in [0, 0.05) is 11.1 Å². The summed E-state index contributed by atoms with van der Waals surface area (Å²) in [4.78, 5) is 0. The lowest BCUT2D eigenvalue weighted by molar-refractivity contribution is 0.403. The van der Waals surface area contributed by atoms with Crippen molar-refractivity contribution in [3.8, 4) is 5.75 Å². The van der Waals surface area contributed by atoms with Crippen LogP contribution >= 0.6 is 0 Å². The first-order valence-corrected chi connectivity index (χ1v) is 6.24. The van der Waals surface area contributed by atoms with Crippen molar-refractivity contribution >= 4 is 0 Å². The standard InChI is InChI=1S/C15H20N2O2/c1-9-5-6-14(18-4)13(7-9)15(17-16)12-8-10(2)19-11(12)3/h5-8,15,17H,16H2,1-4H3. The molecule has 0 saturated carbocycles. The van der Waals surface area contributed by atoms with Crippen molar-refractivity contribution in [1.82, 2.24) is 5.43 Å². The predicted octanol–water partition coefficient (Wildman–Crippen LogP) is 2.77. The maximum absolute atomic E-state index is 5.74. The van der Waals surface area contributed by atoms with Crippen LogP contribution in [0.5, 0.6) is 5.75 Å². The highest BCUT2D eigenvalue weighted by molar-refractivity contribution is 5.44. The van der Waals surface area contributed by atoms with E-state index in [1.165, 1.54) is 0 Å². The predicted molar refractivity (Wildman–Crippen MR) is 75.1 cm³/mol. The second kappa shape index (κ2) is 5.47. The number of nitrogens with two attached hydrogens (primary N) is 1. The Bertz CT molecular complexity index is 576. The number of hydrogen-bond acceptors (Lipinski definition) is 4. The number of aryl methyl sites for hydroxylation is 3. The van der Waals surface area contributed by atoms with E-state index >= 15 is 0 Å². The first-order valence-electron chi connectivity index (χ1n) is 6.24. The summed E-state index contributed by atoms with van der Waals surface area (Å²) in [5.74, 6) is 8.29. The Hall–Kier alpha value is -1.78. The topological polar surface area (TPSA) is 60.4 Å². The summed E-state index contributed by atoms with van der Waals surface area (Å²) < 4.78 is 11.0. The molecular weight excluding hydrogens is 240 g/mol. The van der Waals surface area contributed by atoms with Crippen molar-refractivity contribution in [2.45, 2.75) is 26.8 Å². The molecule has 1 atom stereocenters. The second-order valence-corrected chi connectivity index (χ2v) is 4.71. The normalized spacial score (nSPS) is 12.5. The molecule has 1 heterocycles. The van der Waals surface area contributed by atoms with Crippen molar-refractivity contribution in [3.05, 3.63) is 52.5 Å². The molecule has 2 rings (SSSR count). The van der Waals surface area contributed by atoms with Crippen LogP contribution in [0.2, 0.25) is 0 Å². The molecule has 0 aliphatic rings. The number of methoxy groups -OCH3 is 1. The molecule has 4 nitrogen and oxygen atoms in total. The molecule has 2 aromatic rings. The highest BCUT2D eigenvalue weighted by atomic mass is 16.5. The smallest absolute Gasteiger partial charge is 0.124 e. The fourth-order valence-corrected chi connectivity index (χ4v) is 2.36. The highest BCUT2D eigenvalue weighted by Gasteiger charge is 2.21. The Morgan fingerprint density at radius 2 is 1.89 bits per heavy atom. The molecule has 0 spiro atoms. The monoisotopic (exact) mass is 260 g/mol. The van der Waals surface area contributed by atoms with E-state index in [1.54, 1.807) is 7.11 Å². The Kier molecular flexibility index (Phi) is 3.93. The molecule has 0 amide bonds. The van der Waals surface area contributed by atoms with Crippen LogP contribution in [-0.4, -0.2) is 7.11 Å². The third-order valence-electron chi connectivity index (χ3n) is 3.25. The van der Waals surface area contributed by atoms with E-state index < -0.39 is 0 Å². The average molecular weight is 260 g/mol.